The number of hydrogen-bond acceptors (Lipinski definition) is 7. The van der Waals surface area contributed by atoms with Gasteiger partial charge < -0.3 is 15.0 Å². The first kappa shape index (κ1) is 18.3. The lowest BCUT2D eigenvalue weighted by Gasteiger charge is -2.30. The SMILES string of the molecule is CC(=O)Nc1sc2c(c1-c1nnn(C)n1)CCN(C(=O)OC(C)(C)C)C2. The molecule has 0 unspecified atom stereocenters. The van der Waals surface area contributed by atoms with Crippen molar-refractivity contribution >= 4 is 28.3 Å². The van der Waals surface area contributed by atoms with Crippen LogP contribution in [0.3, 0.4) is 0 Å². The molecule has 3 heterocycles. The maximum absolute atomic E-state index is 12.4. The van der Waals surface area contributed by atoms with E-state index in [1.165, 1.54) is 23.1 Å². The zero-order chi connectivity index (χ0) is 19.1. The van der Waals surface area contributed by atoms with Crippen LogP contribution in [-0.2, 0) is 29.5 Å². The Balaban J connectivity index is 1.93. The lowest BCUT2D eigenvalue weighted by atomic mass is 10.0. The number of nitrogens with zero attached hydrogens (tertiary/aromatic N) is 5. The van der Waals surface area contributed by atoms with Gasteiger partial charge in [-0.25, -0.2) is 4.79 Å². The highest BCUT2D eigenvalue weighted by Crippen LogP contribution is 2.42. The van der Waals surface area contributed by atoms with Gasteiger partial charge in [0.05, 0.1) is 19.2 Å². The molecule has 2 aromatic rings. The van der Waals surface area contributed by atoms with E-state index in [0.29, 0.717) is 30.3 Å². The van der Waals surface area contributed by atoms with Crippen molar-refractivity contribution in [3.8, 4) is 11.4 Å². The van der Waals surface area contributed by atoms with E-state index >= 15 is 0 Å². The molecule has 3 rings (SSSR count). The molecule has 0 aliphatic carbocycles. The monoisotopic (exact) mass is 378 g/mol. The maximum atomic E-state index is 12.4. The van der Waals surface area contributed by atoms with Crippen LogP contribution in [0.1, 0.15) is 38.1 Å². The van der Waals surface area contributed by atoms with Crippen molar-refractivity contribution in [1.29, 1.82) is 0 Å². The van der Waals surface area contributed by atoms with Crippen LogP contribution in [0, 0.1) is 0 Å². The summed E-state index contributed by atoms with van der Waals surface area (Å²) < 4.78 is 5.47. The number of aromatic nitrogens is 4. The molecule has 0 atom stereocenters. The van der Waals surface area contributed by atoms with Crippen molar-refractivity contribution in [2.24, 2.45) is 7.05 Å². The normalized spacial score (nSPS) is 14.1. The summed E-state index contributed by atoms with van der Waals surface area (Å²) >= 11 is 1.44. The van der Waals surface area contributed by atoms with Crippen LogP contribution in [-0.4, -0.2) is 49.3 Å². The van der Waals surface area contributed by atoms with Gasteiger partial charge in [-0.15, -0.1) is 21.5 Å². The predicted octanol–water partition coefficient (Wildman–Crippen LogP) is 2.19. The zero-order valence-corrected chi connectivity index (χ0v) is 16.3. The number of rotatable bonds is 2. The second-order valence-corrected chi connectivity index (χ2v) is 8.25. The van der Waals surface area contributed by atoms with E-state index in [1.54, 1.807) is 11.9 Å². The summed E-state index contributed by atoms with van der Waals surface area (Å²) in [5.41, 5.74) is 1.30. The van der Waals surface area contributed by atoms with Crippen molar-refractivity contribution in [2.75, 3.05) is 11.9 Å². The van der Waals surface area contributed by atoms with Crippen LogP contribution in [0.4, 0.5) is 9.80 Å². The van der Waals surface area contributed by atoms with Crippen LogP contribution in [0.15, 0.2) is 0 Å². The number of aryl methyl sites for hydroxylation is 1. The summed E-state index contributed by atoms with van der Waals surface area (Å²) in [6.07, 6.45) is 0.301. The second-order valence-electron chi connectivity index (χ2n) is 7.14. The van der Waals surface area contributed by atoms with E-state index < -0.39 is 5.60 Å². The van der Waals surface area contributed by atoms with Crippen LogP contribution in [0.5, 0.6) is 0 Å². The third-order valence-corrected chi connectivity index (χ3v) is 4.86. The largest absolute Gasteiger partial charge is 0.444 e. The highest BCUT2D eigenvalue weighted by molar-refractivity contribution is 7.17. The van der Waals surface area contributed by atoms with Crippen LogP contribution < -0.4 is 5.32 Å². The molecule has 2 aromatic heterocycles. The first-order valence-corrected chi connectivity index (χ1v) is 9.10. The van der Waals surface area contributed by atoms with Crippen LogP contribution in [0.2, 0.25) is 0 Å². The molecule has 10 heteroatoms. The van der Waals surface area contributed by atoms with Gasteiger partial charge in [-0.2, -0.15) is 4.80 Å². The maximum Gasteiger partial charge on any atom is 0.410 e. The quantitative estimate of drug-likeness (QED) is 0.859. The van der Waals surface area contributed by atoms with E-state index in [4.69, 9.17) is 4.74 Å². The summed E-state index contributed by atoms with van der Waals surface area (Å²) in [6.45, 7) is 7.96. The molecule has 0 spiro atoms. The minimum Gasteiger partial charge on any atom is -0.444 e. The van der Waals surface area contributed by atoms with Gasteiger partial charge >= 0.3 is 6.09 Å². The minimum atomic E-state index is -0.539. The first-order valence-electron chi connectivity index (χ1n) is 8.28. The van der Waals surface area contributed by atoms with Gasteiger partial charge in [-0.3, -0.25) is 4.79 Å². The molecule has 1 aliphatic heterocycles. The molecule has 0 fully saturated rings. The van der Waals surface area contributed by atoms with Gasteiger partial charge in [0, 0.05) is 18.3 Å². The molecule has 0 saturated carbocycles. The molecule has 0 radical (unpaired) electrons. The number of ether oxygens (including phenoxy) is 1. The highest BCUT2D eigenvalue weighted by Gasteiger charge is 2.31. The number of carbonyl (C=O) groups excluding carboxylic acids is 2. The van der Waals surface area contributed by atoms with Crippen molar-refractivity contribution in [1.82, 2.24) is 25.1 Å². The fourth-order valence-corrected chi connectivity index (χ4v) is 4.06. The number of thiophene rings is 1. The van der Waals surface area contributed by atoms with Crippen molar-refractivity contribution in [3.05, 3.63) is 10.4 Å². The smallest absolute Gasteiger partial charge is 0.410 e. The van der Waals surface area contributed by atoms with Gasteiger partial charge in [-0.05, 0) is 38.0 Å². The molecule has 1 aliphatic rings. The zero-order valence-electron chi connectivity index (χ0n) is 15.5. The molecule has 2 amide bonds. The molecule has 26 heavy (non-hydrogen) atoms. The predicted molar refractivity (Wildman–Crippen MR) is 96.8 cm³/mol. The summed E-state index contributed by atoms with van der Waals surface area (Å²) in [6, 6.07) is 0. The molecular formula is C16H22N6O3S. The Morgan fingerprint density at radius 1 is 1.31 bits per heavy atom. The number of anilines is 1. The number of hydrogen-bond donors (Lipinski definition) is 1. The summed E-state index contributed by atoms with van der Waals surface area (Å²) in [5.74, 6) is 0.303. The number of amides is 2. The van der Waals surface area contributed by atoms with Crippen LogP contribution >= 0.6 is 11.3 Å². The highest BCUT2D eigenvalue weighted by atomic mass is 32.1. The van der Waals surface area contributed by atoms with Gasteiger partial charge in [0.25, 0.3) is 0 Å². The summed E-state index contributed by atoms with van der Waals surface area (Å²) in [7, 11) is 1.69. The van der Waals surface area contributed by atoms with E-state index in [9.17, 15) is 9.59 Å². The van der Waals surface area contributed by atoms with E-state index in [-0.39, 0.29) is 12.0 Å². The Kier molecular flexibility index (Phi) is 4.70. The van der Waals surface area contributed by atoms with Crippen molar-refractivity contribution in [2.45, 2.75) is 46.3 Å². The average molecular weight is 378 g/mol. The van der Waals surface area contributed by atoms with E-state index in [0.717, 1.165) is 16.0 Å². The Morgan fingerprint density at radius 2 is 2.04 bits per heavy atom. The molecular weight excluding hydrogens is 356 g/mol. The molecule has 1 N–H and O–H groups in total. The minimum absolute atomic E-state index is 0.169. The third kappa shape index (κ3) is 3.85. The number of nitrogens with one attached hydrogen (secondary N) is 1. The second kappa shape index (κ2) is 6.67. The van der Waals surface area contributed by atoms with Crippen molar-refractivity contribution < 1.29 is 14.3 Å². The summed E-state index contributed by atoms with van der Waals surface area (Å²) in [4.78, 5) is 28.0. The number of fused-ring (bicyclic) bond motifs is 1. The summed E-state index contributed by atoms with van der Waals surface area (Å²) in [5, 5.41) is 15.8. The lowest BCUT2D eigenvalue weighted by molar-refractivity contribution is -0.114. The topological polar surface area (TPSA) is 102 Å². The Labute approximate surface area is 155 Å². The molecule has 0 saturated heterocycles. The first-order chi connectivity index (χ1) is 12.1. The Morgan fingerprint density at radius 3 is 2.62 bits per heavy atom. The van der Waals surface area contributed by atoms with Gasteiger partial charge in [-0.1, -0.05) is 0 Å². The average Bonchev–Trinajstić information content (AvgIpc) is 3.06. The molecule has 140 valence electrons. The van der Waals surface area contributed by atoms with Gasteiger partial charge in [0.15, 0.2) is 0 Å². The Bertz CT molecular complexity index is 851. The standard InChI is InChI=1S/C16H22N6O3S/c1-9(23)17-14-12(13-18-20-21(5)19-13)10-6-7-22(8-11(10)26-14)15(24)25-16(2,3)4/h6-8H2,1-5H3,(H,17,23). The van der Waals surface area contributed by atoms with Gasteiger partial charge in [0.2, 0.25) is 11.7 Å². The fourth-order valence-electron chi connectivity index (χ4n) is 2.75. The van der Waals surface area contributed by atoms with E-state index in [2.05, 4.69) is 20.7 Å². The Hall–Kier alpha value is -2.49. The lowest BCUT2D eigenvalue weighted by Crippen LogP contribution is -2.39. The number of carbonyl (C=O) groups is 2. The molecule has 0 aromatic carbocycles. The van der Waals surface area contributed by atoms with Crippen molar-refractivity contribution in [3.63, 3.8) is 0 Å². The third-order valence-electron chi connectivity index (χ3n) is 3.73. The fraction of sp³-hybridized carbons (Fsp3) is 0.562. The molecule has 9 nitrogen and oxygen atoms in total. The number of tetrazole rings is 1. The van der Waals surface area contributed by atoms with Gasteiger partial charge in [0.1, 0.15) is 10.6 Å². The van der Waals surface area contributed by atoms with Crippen LogP contribution in [0.25, 0.3) is 11.4 Å². The molecule has 0 bridgehead atoms. The van der Waals surface area contributed by atoms with E-state index in [1.807, 2.05) is 20.8 Å².